The highest BCUT2D eigenvalue weighted by atomic mass is 35.5. The molecule has 0 spiro atoms. The lowest BCUT2D eigenvalue weighted by Gasteiger charge is -2.35. The van der Waals surface area contributed by atoms with Crippen molar-refractivity contribution in [3.63, 3.8) is 0 Å². The van der Waals surface area contributed by atoms with Crippen LogP contribution in [0.3, 0.4) is 0 Å². The van der Waals surface area contributed by atoms with Crippen LogP contribution in [0.1, 0.15) is 39.2 Å². The first-order valence-electron chi connectivity index (χ1n) is 8.17. The van der Waals surface area contributed by atoms with Gasteiger partial charge in [-0.3, -0.25) is 4.79 Å². The molecule has 3 nitrogen and oxygen atoms in total. The van der Waals surface area contributed by atoms with Gasteiger partial charge >= 0.3 is 0 Å². The summed E-state index contributed by atoms with van der Waals surface area (Å²) in [6.45, 7) is 9.14. The minimum Gasteiger partial charge on any atom is -0.355 e. The summed E-state index contributed by atoms with van der Waals surface area (Å²) in [5, 5.41) is 6.44. The molecule has 2 N–H and O–H groups in total. The fourth-order valence-electron chi connectivity index (χ4n) is 3.10. The molecule has 0 aliphatic carbocycles. The smallest absolute Gasteiger partial charge is 0.223 e. The molecule has 1 amide bonds. The molecule has 1 aromatic rings. The lowest BCUT2D eigenvalue weighted by molar-refractivity contribution is -0.127. The van der Waals surface area contributed by atoms with E-state index in [4.69, 9.17) is 0 Å². The Morgan fingerprint density at radius 1 is 1.27 bits per heavy atom. The summed E-state index contributed by atoms with van der Waals surface area (Å²) in [7, 11) is 0. The number of hydrogen-bond acceptors (Lipinski definition) is 2. The molecule has 1 aliphatic rings. The highest BCUT2D eigenvalue weighted by Crippen LogP contribution is 2.31. The predicted octanol–water partition coefficient (Wildman–Crippen LogP) is 3.14. The molecule has 1 atom stereocenters. The SMILES string of the molecule is CCC(CC)(CNC(=O)C(C)C1CNC1)c1ccccc1.Cl. The van der Waals surface area contributed by atoms with Crippen molar-refractivity contribution in [3.05, 3.63) is 35.9 Å². The third-order valence-electron chi connectivity index (χ3n) is 5.27. The second-order valence-electron chi connectivity index (χ2n) is 6.28. The van der Waals surface area contributed by atoms with Gasteiger partial charge in [0, 0.05) is 17.9 Å². The van der Waals surface area contributed by atoms with E-state index in [1.807, 2.05) is 13.0 Å². The molecular formula is C18H29ClN2O. The van der Waals surface area contributed by atoms with Crippen molar-refractivity contribution in [3.8, 4) is 0 Å². The Hall–Kier alpha value is -1.06. The van der Waals surface area contributed by atoms with Crippen LogP contribution in [-0.4, -0.2) is 25.5 Å². The minimum absolute atomic E-state index is 0. The van der Waals surface area contributed by atoms with Crippen molar-refractivity contribution in [1.82, 2.24) is 10.6 Å². The van der Waals surface area contributed by atoms with Crippen molar-refractivity contribution in [1.29, 1.82) is 0 Å². The molecule has 1 heterocycles. The van der Waals surface area contributed by atoms with Crippen LogP contribution in [-0.2, 0) is 10.2 Å². The number of amides is 1. The quantitative estimate of drug-likeness (QED) is 0.809. The Kier molecular flexibility index (Phi) is 7.37. The largest absolute Gasteiger partial charge is 0.355 e. The lowest BCUT2D eigenvalue weighted by atomic mass is 9.75. The maximum atomic E-state index is 12.3. The van der Waals surface area contributed by atoms with E-state index in [-0.39, 0.29) is 29.6 Å². The van der Waals surface area contributed by atoms with E-state index in [1.54, 1.807) is 0 Å². The highest BCUT2D eigenvalue weighted by Gasteiger charge is 2.32. The van der Waals surface area contributed by atoms with Crippen LogP contribution in [0, 0.1) is 11.8 Å². The molecule has 1 aliphatic heterocycles. The third kappa shape index (κ3) is 4.02. The topological polar surface area (TPSA) is 41.1 Å². The van der Waals surface area contributed by atoms with Crippen LogP contribution in [0.2, 0.25) is 0 Å². The predicted molar refractivity (Wildman–Crippen MR) is 94.5 cm³/mol. The zero-order valence-electron chi connectivity index (χ0n) is 13.9. The van der Waals surface area contributed by atoms with Gasteiger partial charge in [-0.2, -0.15) is 0 Å². The van der Waals surface area contributed by atoms with Crippen molar-refractivity contribution >= 4 is 18.3 Å². The van der Waals surface area contributed by atoms with Gasteiger partial charge in [-0.1, -0.05) is 51.1 Å². The van der Waals surface area contributed by atoms with Gasteiger partial charge in [-0.25, -0.2) is 0 Å². The molecule has 0 saturated carbocycles. The summed E-state index contributed by atoms with van der Waals surface area (Å²) >= 11 is 0. The third-order valence-corrected chi connectivity index (χ3v) is 5.27. The first-order chi connectivity index (χ1) is 10.1. The van der Waals surface area contributed by atoms with Crippen molar-refractivity contribution < 1.29 is 4.79 Å². The first-order valence-corrected chi connectivity index (χ1v) is 8.17. The number of halogens is 1. The van der Waals surface area contributed by atoms with Gasteiger partial charge in [0.25, 0.3) is 0 Å². The van der Waals surface area contributed by atoms with Gasteiger partial charge in [0.15, 0.2) is 0 Å². The molecule has 4 heteroatoms. The van der Waals surface area contributed by atoms with E-state index >= 15 is 0 Å². The highest BCUT2D eigenvalue weighted by molar-refractivity contribution is 5.85. The molecule has 124 valence electrons. The maximum Gasteiger partial charge on any atom is 0.223 e. The average molecular weight is 325 g/mol. The van der Waals surface area contributed by atoms with Crippen molar-refractivity contribution in [2.24, 2.45) is 11.8 Å². The number of benzene rings is 1. The second kappa shape index (κ2) is 8.54. The van der Waals surface area contributed by atoms with Crippen LogP contribution in [0.15, 0.2) is 30.3 Å². The standard InChI is InChI=1S/C18H28N2O.ClH/c1-4-18(5-2,16-9-7-6-8-10-16)13-20-17(21)14(3)15-11-19-12-15;/h6-10,14-15,19H,4-5,11-13H2,1-3H3,(H,20,21);1H. The Balaban J connectivity index is 0.00000242. The molecule has 1 aromatic carbocycles. The van der Waals surface area contributed by atoms with E-state index in [9.17, 15) is 4.79 Å². The van der Waals surface area contributed by atoms with E-state index in [2.05, 4.69) is 48.7 Å². The summed E-state index contributed by atoms with van der Waals surface area (Å²) in [6.07, 6.45) is 2.07. The number of hydrogen-bond donors (Lipinski definition) is 2. The van der Waals surface area contributed by atoms with Gasteiger partial charge in [0.05, 0.1) is 0 Å². The van der Waals surface area contributed by atoms with Gasteiger partial charge in [0.2, 0.25) is 5.91 Å². The monoisotopic (exact) mass is 324 g/mol. The van der Waals surface area contributed by atoms with Gasteiger partial charge in [-0.05, 0) is 37.4 Å². The summed E-state index contributed by atoms with van der Waals surface area (Å²) in [5.41, 5.74) is 1.38. The van der Waals surface area contributed by atoms with Crippen LogP contribution < -0.4 is 10.6 Å². The summed E-state index contributed by atoms with van der Waals surface area (Å²) in [5.74, 6) is 0.802. The minimum atomic E-state index is 0. The van der Waals surface area contributed by atoms with Gasteiger partial charge in [-0.15, -0.1) is 12.4 Å². The van der Waals surface area contributed by atoms with Gasteiger partial charge < -0.3 is 10.6 Å². The van der Waals surface area contributed by atoms with Crippen LogP contribution >= 0.6 is 12.4 Å². The number of carbonyl (C=O) groups excluding carboxylic acids is 1. The average Bonchev–Trinajstić information content (AvgIpc) is 2.48. The van der Waals surface area contributed by atoms with E-state index in [1.165, 1.54) is 5.56 Å². The summed E-state index contributed by atoms with van der Waals surface area (Å²) in [4.78, 5) is 12.3. The first kappa shape index (κ1) is 19.0. The number of nitrogens with one attached hydrogen (secondary N) is 2. The van der Waals surface area contributed by atoms with E-state index in [0.717, 1.165) is 32.5 Å². The van der Waals surface area contributed by atoms with Crippen molar-refractivity contribution in [2.75, 3.05) is 19.6 Å². The molecule has 0 bridgehead atoms. The van der Waals surface area contributed by atoms with Crippen LogP contribution in [0.25, 0.3) is 0 Å². The fraction of sp³-hybridized carbons (Fsp3) is 0.611. The summed E-state index contributed by atoms with van der Waals surface area (Å²) in [6, 6.07) is 10.6. The second-order valence-corrected chi connectivity index (χ2v) is 6.28. The lowest BCUT2D eigenvalue weighted by Crippen LogP contribution is -2.51. The van der Waals surface area contributed by atoms with E-state index in [0.29, 0.717) is 5.92 Å². The Bertz CT molecular complexity index is 455. The molecule has 2 rings (SSSR count). The zero-order chi connectivity index (χ0) is 15.3. The van der Waals surface area contributed by atoms with Crippen LogP contribution in [0.4, 0.5) is 0 Å². The Morgan fingerprint density at radius 3 is 2.32 bits per heavy atom. The number of rotatable bonds is 7. The molecule has 0 aromatic heterocycles. The summed E-state index contributed by atoms with van der Waals surface area (Å²) < 4.78 is 0. The maximum absolute atomic E-state index is 12.3. The molecule has 1 unspecified atom stereocenters. The van der Waals surface area contributed by atoms with Crippen LogP contribution in [0.5, 0.6) is 0 Å². The molecule has 1 fully saturated rings. The molecule has 1 saturated heterocycles. The normalized spacial score (nSPS) is 16.3. The number of carbonyl (C=O) groups is 1. The molecule has 0 radical (unpaired) electrons. The Labute approximate surface area is 140 Å². The fourth-order valence-corrected chi connectivity index (χ4v) is 3.10. The van der Waals surface area contributed by atoms with E-state index < -0.39 is 0 Å². The van der Waals surface area contributed by atoms with Gasteiger partial charge in [0.1, 0.15) is 0 Å². The zero-order valence-corrected chi connectivity index (χ0v) is 14.7. The Morgan fingerprint density at radius 2 is 1.86 bits per heavy atom. The molecule has 22 heavy (non-hydrogen) atoms. The molecular weight excluding hydrogens is 296 g/mol. The van der Waals surface area contributed by atoms with Crippen molar-refractivity contribution in [2.45, 2.75) is 39.0 Å².